The first-order valence-corrected chi connectivity index (χ1v) is 6.75. The lowest BCUT2D eigenvalue weighted by atomic mass is 10.4. The van der Waals surface area contributed by atoms with Crippen molar-refractivity contribution in [2.24, 2.45) is 4.99 Å². The molecule has 0 bridgehead atoms. The van der Waals surface area contributed by atoms with E-state index in [0.717, 1.165) is 0 Å². The summed E-state index contributed by atoms with van der Waals surface area (Å²) in [6.07, 6.45) is 0. The van der Waals surface area contributed by atoms with Gasteiger partial charge in [-0.3, -0.25) is 19.9 Å². The second-order valence-corrected chi connectivity index (χ2v) is 4.85. The summed E-state index contributed by atoms with van der Waals surface area (Å²) in [5.41, 5.74) is 0. The Morgan fingerprint density at radius 1 is 1.36 bits per heavy atom. The lowest BCUT2D eigenvalue weighted by Gasteiger charge is -2.07. The molecule has 9 heteroatoms. The van der Waals surface area contributed by atoms with Crippen molar-refractivity contribution in [3.05, 3.63) is 33.8 Å². The number of furan rings is 1. The third-order valence-electron chi connectivity index (χ3n) is 2.65. The molecule has 0 aliphatic rings. The average Bonchev–Trinajstić information content (AvgIpc) is 2.89. The van der Waals surface area contributed by atoms with Crippen molar-refractivity contribution < 1.29 is 14.1 Å². The maximum Gasteiger partial charge on any atom is 0.287 e. The molecule has 0 aromatic carbocycles. The summed E-state index contributed by atoms with van der Waals surface area (Å²) in [7, 11) is 5.29. The van der Waals surface area contributed by atoms with Gasteiger partial charge in [0.25, 0.3) is 12.5 Å². The molecule has 0 atom stereocenters. The van der Waals surface area contributed by atoms with Crippen molar-refractivity contribution in [3.63, 3.8) is 0 Å². The Morgan fingerprint density at radius 3 is 2.64 bits per heavy atom. The Morgan fingerprint density at radius 2 is 2.05 bits per heavy atom. The molecule has 0 saturated carbocycles. The number of nitrogens with one attached hydrogen (secondary N) is 2. The highest BCUT2D eigenvalue weighted by Crippen LogP contribution is 2.09. The van der Waals surface area contributed by atoms with E-state index in [1.807, 2.05) is 19.0 Å². The van der Waals surface area contributed by atoms with Gasteiger partial charge in [0.05, 0.1) is 6.54 Å². The Kier molecular flexibility index (Phi) is 7.03. The lowest BCUT2D eigenvalue weighted by Crippen LogP contribution is -2.37. The highest BCUT2D eigenvalue weighted by Gasteiger charge is 2.11. The maximum atomic E-state index is 11.9. The van der Waals surface area contributed by atoms with Crippen LogP contribution in [0.25, 0.3) is 0 Å². The molecule has 1 aromatic rings. The molecule has 1 aromatic heterocycles. The summed E-state index contributed by atoms with van der Waals surface area (Å²) in [4.78, 5) is 27.5. The van der Waals surface area contributed by atoms with Gasteiger partial charge in [-0.25, -0.2) is 0 Å². The minimum atomic E-state index is -0.469. The van der Waals surface area contributed by atoms with Crippen molar-refractivity contribution in [2.45, 2.75) is 6.54 Å². The van der Waals surface area contributed by atoms with Crippen LogP contribution in [0.3, 0.4) is 0 Å². The number of carbonyl (C=O) groups excluding carboxylic acids is 1. The fourth-order valence-electron chi connectivity index (χ4n) is 1.69. The first-order chi connectivity index (χ1) is 10.4. The van der Waals surface area contributed by atoms with E-state index in [4.69, 9.17) is 4.42 Å². The van der Waals surface area contributed by atoms with E-state index < -0.39 is 4.92 Å². The molecule has 0 unspecified atom stereocenters. The fourth-order valence-corrected chi connectivity index (χ4v) is 1.69. The second kappa shape index (κ2) is 8.78. The third-order valence-corrected chi connectivity index (χ3v) is 2.65. The number of nitro groups is 1. The van der Waals surface area contributed by atoms with Crippen LogP contribution in [-0.4, -0.2) is 62.3 Å². The summed E-state index contributed by atoms with van der Waals surface area (Å²) in [6.45, 7) is 0.902. The Hall–Kier alpha value is -2.42. The molecule has 0 aliphatic carbocycles. The highest BCUT2D eigenvalue weighted by atomic mass is 16.6. The number of amidine groups is 1. The number of hydrogen-bond donors (Lipinski definition) is 2. The predicted molar refractivity (Wildman–Crippen MR) is 81.7 cm³/mol. The van der Waals surface area contributed by atoms with E-state index >= 15 is 0 Å². The fraction of sp³-hybridized carbons (Fsp3) is 0.538. The van der Waals surface area contributed by atoms with Gasteiger partial charge < -0.3 is 20.0 Å². The van der Waals surface area contributed by atoms with E-state index in [1.165, 1.54) is 7.05 Å². The Labute approximate surface area is 128 Å². The van der Waals surface area contributed by atoms with Crippen LogP contribution in [0.15, 0.2) is 21.5 Å². The normalized spacial score (nSPS) is 11.5. The summed E-state index contributed by atoms with van der Waals surface area (Å²) >= 11 is 0. The minimum absolute atomic E-state index is 0.242. The molecule has 22 heavy (non-hydrogen) atoms. The van der Waals surface area contributed by atoms with Crippen LogP contribution in [0.4, 0.5) is 0 Å². The molecule has 9 nitrogen and oxygen atoms in total. The molecule has 0 radical (unpaired) electrons. The van der Waals surface area contributed by atoms with Crippen LogP contribution in [-0.2, 0) is 6.54 Å². The van der Waals surface area contributed by atoms with E-state index in [-0.39, 0.29) is 24.0 Å². The zero-order chi connectivity index (χ0) is 16.5. The molecule has 122 valence electrons. The smallest absolute Gasteiger partial charge is 0.287 e. The number of hydrogen-bond acceptors (Lipinski definition) is 6. The van der Waals surface area contributed by atoms with Gasteiger partial charge in [0, 0.05) is 25.1 Å². The van der Waals surface area contributed by atoms with Crippen molar-refractivity contribution in [1.29, 1.82) is 0 Å². The first kappa shape index (κ1) is 17.6. The molecule has 0 fully saturated rings. The SMILES string of the molecule is CN=C(C[N+](=O)[O-])NCCNC(=O)c1ccc(CN(C)C)o1. The van der Waals surface area contributed by atoms with Crippen LogP contribution in [0.5, 0.6) is 0 Å². The summed E-state index contributed by atoms with van der Waals surface area (Å²) in [5.74, 6) is 0.896. The highest BCUT2D eigenvalue weighted by molar-refractivity contribution is 5.91. The summed E-state index contributed by atoms with van der Waals surface area (Å²) in [6, 6.07) is 3.37. The zero-order valence-corrected chi connectivity index (χ0v) is 13.0. The number of rotatable bonds is 8. The summed E-state index contributed by atoms with van der Waals surface area (Å²) in [5, 5.41) is 15.8. The van der Waals surface area contributed by atoms with Crippen LogP contribution < -0.4 is 10.6 Å². The van der Waals surface area contributed by atoms with Crippen molar-refractivity contribution in [2.75, 3.05) is 40.8 Å². The van der Waals surface area contributed by atoms with Gasteiger partial charge in [0.2, 0.25) is 0 Å². The molecule has 0 spiro atoms. The minimum Gasteiger partial charge on any atom is -0.455 e. The lowest BCUT2D eigenvalue weighted by molar-refractivity contribution is -0.463. The zero-order valence-electron chi connectivity index (χ0n) is 13.0. The molecule has 1 amide bonds. The van der Waals surface area contributed by atoms with Gasteiger partial charge in [-0.05, 0) is 26.2 Å². The second-order valence-electron chi connectivity index (χ2n) is 4.85. The van der Waals surface area contributed by atoms with Crippen LogP contribution in [0, 0.1) is 10.1 Å². The molecular weight excluding hydrogens is 290 g/mol. The first-order valence-electron chi connectivity index (χ1n) is 6.75. The molecule has 1 rings (SSSR count). The van der Waals surface area contributed by atoms with Gasteiger partial charge in [0.15, 0.2) is 11.6 Å². The predicted octanol–water partition coefficient (Wildman–Crippen LogP) is -0.0344. The number of nitrogens with zero attached hydrogens (tertiary/aromatic N) is 3. The van der Waals surface area contributed by atoms with Crippen molar-refractivity contribution >= 4 is 11.7 Å². The molecule has 2 N–H and O–H groups in total. The van der Waals surface area contributed by atoms with Gasteiger partial charge in [-0.2, -0.15) is 0 Å². The van der Waals surface area contributed by atoms with Crippen LogP contribution in [0.2, 0.25) is 0 Å². The Bertz CT molecular complexity index is 538. The molecular formula is C13H21N5O4. The molecule has 1 heterocycles. The molecule has 0 aliphatic heterocycles. The van der Waals surface area contributed by atoms with Crippen LogP contribution in [0.1, 0.15) is 16.3 Å². The largest absolute Gasteiger partial charge is 0.455 e. The Balaban J connectivity index is 2.34. The van der Waals surface area contributed by atoms with E-state index in [0.29, 0.717) is 25.4 Å². The third kappa shape index (κ3) is 6.35. The van der Waals surface area contributed by atoms with Gasteiger partial charge >= 0.3 is 0 Å². The number of amides is 1. The molecule has 0 saturated heterocycles. The van der Waals surface area contributed by atoms with Gasteiger partial charge in [0.1, 0.15) is 5.76 Å². The van der Waals surface area contributed by atoms with Crippen LogP contribution >= 0.6 is 0 Å². The number of carbonyl (C=O) groups is 1. The monoisotopic (exact) mass is 311 g/mol. The van der Waals surface area contributed by atoms with Crippen molar-refractivity contribution in [3.8, 4) is 0 Å². The van der Waals surface area contributed by atoms with Gasteiger partial charge in [-0.15, -0.1) is 0 Å². The van der Waals surface area contributed by atoms with Gasteiger partial charge in [-0.1, -0.05) is 0 Å². The van der Waals surface area contributed by atoms with E-state index in [2.05, 4.69) is 15.6 Å². The number of aliphatic imine (C=N–C) groups is 1. The average molecular weight is 311 g/mol. The van der Waals surface area contributed by atoms with E-state index in [1.54, 1.807) is 12.1 Å². The quantitative estimate of drug-likeness (QED) is 0.229. The topological polar surface area (TPSA) is 113 Å². The maximum absolute atomic E-state index is 11.9. The van der Waals surface area contributed by atoms with Crippen molar-refractivity contribution in [1.82, 2.24) is 15.5 Å². The standard InChI is InChI=1S/C13H21N5O4/c1-14-12(9-18(20)21)15-6-7-16-13(19)11-5-4-10(22-11)8-17(2)3/h4-5H,6-9H2,1-3H3,(H,14,15)(H,16,19). The van der Waals surface area contributed by atoms with E-state index in [9.17, 15) is 14.9 Å². The summed E-state index contributed by atoms with van der Waals surface area (Å²) < 4.78 is 5.42.